The second-order valence-corrected chi connectivity index (χ2v) is 7.02. The molecule has 140 valence electrons. The summed E-state index contributed by atoms with van der Waals surface area (Å²) in [6, 6.07) is 15.1. The van der Waals surface area contributed by atoms with E-state index in [1.807, 2.05) is 47.4 Å². The van der Waals surface area contributed by atoms with Crippen molar-refractivity contribution < 1.29 is 9.53 Å². The molecule has 0 saturated carbocycles. The smallest absolute Gasteiger partial charge is 0.254 e. The Labute approximate surface area is 165 Å². The SMILES string of the molecule is CC1CC(CN)CN1C(=O)c1cccc(OCc2ccc(Cl)cc2)c1.Cl. The Bertz CT molecular complexity index is 737. The molecule has 4 nitrogen and oxygen atoms in total. The van der Waals surface area contributed by atoms with Crippen LogP contribution < -0.4 is 10.5 Å². The molecule has 1 aliphatic rings. The second-order valence-electron chi connectivity index (χ2n) is 6.59. The molecule has 1 amide bonds. The van der Waals surface area contributed by atoms with Crippen LogP contribution in [0.3, 0.4) is 0 Å². The van der Waals surface area contributed by atoms with Gasteiger partial charge in [-0.25, -0.2) is 0 Å². The minimum absolute atomic E-state index is 0. The van der Waals surface area contributed by atoms with Gasteiger partial charge in [-0.15, -0.1) is 12.4 Å². The lowest BCUT2D eigenvalue weighted by Crippen LogP contribution is -2.34. The van der Waals surface area contributed by atoms with Gasteiger partial charge in [0.15, 0.2) is 0 Å². The highest BCUT2D eigenvalue weighted by molar-refractivity contribution is 6.30. The van der Waals surface area contributed by atoms with Gasteiger partial charge in [-0.1, -0.05) is 29.8 Å². The predicted molar refractivity (Wildman–Crippen MR) is 107 cm³/mol. The van der Waals surface area contributed by atoms with Crippen molar-refractivity contribution in [1.29, 1.82) is 0 Å². The number of benzene rings is 2. The van der Waals surface area contributed by atoms with Gasteiger partial charge in [0.25, 0.3) is 5.91 Å². The number of likely N-dealkylation sites (tertiary alicyclic amines) is 1. The molecule has 0 radical (unpaired) electrons. The average molecular weight is 395 g/mol. The first-order valence-electron chi connectivity index (χ1n) is 8.55. The van der Waals surface area contributed by atoms with Gasteiger partial charge >= 0.3 is 0 Å². The lowest BCUT2D eigenvalue weighted by atomic mass is 10.1. The normalized spacial score (nSPS) is 19.1. The number of nitrogens with two attached hydrogens (primary N) is 1. The van der Waals surface area contributed by atoms with Gasteiger partial charge in [-0.05, 0) is 61.7 Å². The summed E-state index contributed by atoms with van der Waals surface area (Å²) in [6.45, 7) is 3.86. The van der Waals surface area contributed by atoms with Crippen LogP contribution in [0.15, 0.2) is 48.5 Å². The van der Waals surface area contributed by atoms with Crippen molar-refractivity contribution >= 4 is 29.9 Å². The van der Waals surface area contributed by atoms with E-state index in [4.69, 9.17) is 22.1 Å². The van der Waals surface area contributed by atoms with E-state index in [0.29, 0.717) is 35.4 Å². The van der Waals surface area contributed by atoms with E-state index in [9.17, 15) is 4.79 Å². The fraction of sp³-hybridized carbons (Fsp3) is 0.350. The van der Waals surface area contributed by atoms with Gasteiger partial charge in [0.05, 0.1) is 0 Å². The van der Waals surface area contributed by atoms with Crippen molar-refractivity contribution in [2.45, 2.75) is 26.0 Å². The zero-order valence-corrected chi connectivity index (χ0v) is 16.3. The summed E-state index contributed by atoms with van der Waals surface area (Å²) in [4.78, 5) is 14.7. The molecule has 0 aromatic heterocycles. The summed E-state index contributed by atoms with van der Waals surface area (Å²) in [5.41, 5.74) is 7.44. The monoisotopic (exact) mass is 394 g/mol. The fourth-order valence-electron chi connectivity index (χ4n) is 3.23. The molecule has 2 atom stereocenters. The predicted octanol–water partition coefficient (Wildman–Crippen LogP) is 4.15. The number of halogens is 2. The Hall–Kier alpha value is -1.75. The number of ether oxygens (including phenoxy) is 1. The van der Waals surface area contributed by atoms with Gasteiger partial charge < -0.3 is 15.4 Å². The van der Waals surface area contributed by atoms with E-state index >= 15 is 0 Å². The molecule has 0 aliphatic carbocycles. The van der Waals surface area contributed by atoms with Gasteiger partial charge in [0.1, 0.15) is 12.4 Å². The van der Waals surface area contributed by atoms with E-state index in [-0.39, 0.29) is 24.4 Å². The molecular weight excluding hydrogens is 371 g/mol. The molecule has 1 fully saturated rings. The van der Waals surface area contributed by atoms with Crippen LogP contribution >= 0.6 is 24.0 Å². The van der Waals surface area contributed by atoms with Crippen molar-refractivity contribution in [1.82, 2.24) is 4.90 Å². The van der Waals surface area contributed by atoms with Crippen molar-refractivity contribution in [3.8, 4) is 5.75 Å². The second kappa shape index (κ2) is 9.26. The first-order valence-corrected chi connectivity index (χ1v) is 8.93. The Morgan fingerprint density at radius 2 is 2.00 bits per heavy atom. The number of carbonyl (C=O) groups is 1. The molecule has 0 spiro atoms. The Kier molecular flexibility index (Phi) is 7.33. The number of hydrogen-bond donors (Lipinski definition) is 1. The quantitative estimate of drug-likeness (QED) is 0.828. The first-order chi connectivity index (χ1) is 12.1. The molecule has 1 heterocycles. The summed E-state index contributed by atoms with van der Waals surface area (Å²) in [7, 11) is 0. The van der Waals surface area contributed by atoms with Crippen LogP contribution in [-0.4, -0.2) is 29.9 Å². The molecule has 3 rings (SSSR count). The maximum atomic E-state index is 12.8. The maximum absolute atomic E-state index is 12.8. The van der Waals surface area contributed by atoms with Crippen molar-refractivity contribution in [2.75, 3.05) is 13.1 Å². The number of rotatable bonds is 5. The Balaban J connectivity index is 0.00000243. The van der Waals surface area contributed by atoms with Crippen molar-refractivity contribution in [2.24, 2.45) is 11.7 Å². The molecule has 2 unspecified atom stereocenters. The topological polar surface area (TPSA) is 55.6 Å². The van der Waals surface area contributed by atoms with E-state index < -0.39 is 0 Å². The molecule has 2 aromatic rings. The van der Waals surface area contributed by atoms with Crippen LogP contribution in [0.25, 0.3) is 0 Å². The molecule has 1 saturated heterocycles. The van der Waals surface area contributed by atoms with Crippen molar-refractivity contribution in [3.63, 3.8) is 0 Å². The lowest BCUT2D eigenvalue weighted by molar-refractivity contribution is 0.0743. The number of hydrogen-bond acceptors (Lipinski definition) is 3. The highest BCUT2D eigenvalue weighted by Crippen LogP contribution is 2.25. The minimum Gasteiger partial charge on any atom is -0.489 e. The Morgan fingerprint density at radius 1 is 1.27 bits per heavy atom. The molecule has 1 aliphatic heterocycles. The van der Waals surface area contributed by atoms with Crippen LogP contribution in [0, 0.1) is 5.92 Å². The molecule has 2 aromatic carbocycles. The van der Waals surface area contributed by atoms with Gasteiger partial charge in [0, 0.05) is 23.2 Å². The van der Waals surface area contributed by atoms with Crippen LogP contribution in [0.4, 0.5) is 0 Å². The highest BCUT2D eigenvalue weighted by Gasteiger charge is 2.32. The third-order valence-corrected chi connectivity index (χ3v) is 4.91. The summed E-state index contributed by atoms with van der Waals surface area (Å²) in [6.07, 6.45) is 0.967. The van der Waals surface area contributed by atoms with E-state index in [1.54, 1.807) is 6.07 Å². The zero-order chi connectivity index (χ0) is 17.8. The largest absolute Gasteiger partial charge is 0.489 e. The third-order valence-electron chi connectivity index (χ3n) is 4.66. The zero-order valence-electron chi connectivity index (χ0n) is 14.7. The Morgan fingerprint density at radius 3 is 2.65 bits per heavy atom. The summed E-state index contributed by atoms with van der Waals surface area (Å²) in [5, 5.41) is 0.701. The number of carbonyl (C=O) groups excluding carboxylic acids is 1. The molecule has 6 heteroatoms. The third kappa shape index (κ3) is 4.91. The molecule has 0 bridgehead atoms. The lowest BCUT2D eigenvalue weighted by Gasteiger charge is -2.22. The van der Waals surface area contributed by atoms with Gasteiger partial charge in [0.2, 0.25) is 0 Å². The van der Waals surface area contributed by atoms with E-state index in [0.717, 1.165) is 18.5 Å². The summed E-state index contributed by atoms with van der Waals surface area (Å²) in [5.74, 6) is 1.12. The number of amides is 1. The first kappa shape index (κ1) is 20.6. The van der Waals surface area contributed by atoms with Gasteiger partial charge in [-0.3, -0.25) is 4.79 Å². The number of nitrogens with zero attached hydrogens (tertiary/aromatic N) is 1. The molecular formula is C20H24Cl2N2O2. The molecule has 2 N–H and O–H groups in total. The summed E-state index contributed by atoms with van der Waals surface area (Å²) < 4.78 is 5.82. The fourth-order valence-corrected chi connectivity index (χ4v) is 3.35. The average Bonchev–Trinajstić information content (AvgIpc) is 3.02. The van der Waals surface area contributed by atoms with E-state index in [1.165, 1.54) is 0 Å². The van der Waals surface area contributed by atoms with E-state index in [2.05, 4.69) is 6.92 Å². The minimum atomic E-state index is 0. The maximum Gasteiger partial charge on any atom is 0.254 e. The van der Waals surface area contributed by atoms with Crippen LogP contribution in [0.1, 0.15) is 29.3 Å². The van der Waals surface area contributed by atoms with Gasteiger partial charge in [-0.2, -0.15) is 0 Å². The van der Waals surface area contributed by atoms with Crippen LogP contribution in [0.2, 0.25) is 5.02 Å². The highest BCUT2D eigenvalue weighted by atomic mass is 35.5. The molecule has 26 heavy (non-hydrogen) atoms. The van der Waals surface area contributed by atoms with Crippen molar-refractivity contribution in [3.05, 3.63) is 64.7 Å². The van der Waals surface area contributed by atoms with Crippen LogP contribution in [0.5, 0.6) is 5.75 Å². The summed E-state index contributed by atoms with van der Waals surface area (Å²) >= 11 is 5.89. The van der Waals surface area contributed by atoms with Crippen LogP contribution in [-0.2, 0) is 6.61 Å². The standard InChI is InChI=1S/C20H23ClN2O2.ClH/c1-14-9-16(11-22)12-23(14)20(24)17-3-2-4-19(10-17)25-13-15-5-7-18(21)8-6-15;/h2-8,10,14,16H,9,11-13,22H2,1H3;1H.